The second kappa shape index (κ2) is 7.62. The number of hydrogen-bond acceptors (Lipinski definition) is 5. The summed E-state index contributed by atoms with van der Waals surface area (Å²) in [5, 5.41) is 16.2. The minimum Gasteiger partial charge on any atom is -0.311 e. The number of fused-ring (bicyclic) bond motifs is 2. The van der Waals surface area contributed by atoms with Crippen molar-refractivity contribution >= 4 is 0 Å². The van der Waals surface area contributed by atoms with Crippen LogP contribution in [-0.2, 0) is 13.1 Å². The van der Waals surface area contributed by atoms with Crippen LogP contribution in [0, 0.1) is 0 Å². The number of hydrogen-bond donors (Lipinski definition) is 1. The maximum Gasteiger partial charge on any atom is 0.165 e. The minimum absolute atomic E-state index is 0.653. The predicted molar refractivity (Wildman–Crippen MR) is 97.0 cm³/mol. The van der Waals surface area contributed by atoms with Crippen molar-refractivity contribution in [3.8, 4) is 0 Å². The summed E-state index contributed by atoms with van der Waals surface area (Å²) in [6.07, 6.45) is 6.37. The molecule has 0 spiro atoms. The fraction of sp³-hybridized carbons (Fsp3) is 0.632. The van der Waals surface area contributed by atoms with Crippen LogP contribution in [0.1, 0.15) is 50.4 Å². The lowest BCUT2D eigenvalue weighted by Gasteiger charge is -2.37. The van der Waals surface area contributed by atoms with Crippen LogP contribution in [0.2, 0.25) is 0 Å². The first-order valence-electron chi connectivity index (χ1n) is 9.61. The Balaban J connectivity index is 1.46. The Bertz CT molecular complexity index is 658. The van der Waals surface area contributed by atoms with Gasteiger partial charge in [0.05, 0.1) is 13.1 Å². The molecule has 2 atom stereocenters. The van der Waals surface area contributed by atoms with Crippen LogP contribution in [0.25, 0.3) is 0 Å². The summed E-state index contributed by atoms with van der Waals surface area (Å²) in [6.45, 7) is 4.95. The van der Waals surface area contributed by atoms with Gasteiger partial charge in [-0.2, -0.15) is 0 Å². The van der Waals surface area contributed by atoms with Gasteiger partial charge in [-0.1, -0.05) is 37.3 Å². The van der Waals surface area contributed by atoms with E-state index in [2.05, 4.69) is 56.9 Å². The quantitative estimate of drug-likeness (QED) is 0.837. The van der Waals surface area contributed by atoms with Crippen molar-refractivity contribution < 1.29 is 0 Å². The van der Waals surface area contributed by atoms with Gasteiger partial charge in [0.1, 0.15) is 0 Å². The number of nitrogens with zero attached hydrogens (tertiary/aromatic N) is 5. The van der Waals surface area contributed by atoms with Gasteiger partial charge in [0.25, 0.3) is 0 Å². The zero-order chi connectivity index (χ0) is 17.1. The fourth-order valence-electron chi connectivity index (χ4n) is 4.40. The molecule has 2 saturated heterocycles. The standard InChI is InChI=1S/C19H28N6/c1-2-10-24(18-11-16-8-9-17(12-18)20-16)14-19-21-22-23-25(19)13-15-6-4-3-5-7-15/h3-7,16-18,20H,2,8-14H2,1H3. The third-order valence-corrected chi connectivity index (χ3v) is 5.60. The number of aromatic nitrogens is 4. The van der Waals surface area contributed by atoms with E-state index in [0.717, 1.165) is 25.5 Å². The van der Waals surface area contributed by atoms with Gasteiger partial charge in [-0.3, -0.25) is 4.90 Å². The molecule has 2 aromatic rings. The normalized spacial score (nSPS) is 25.6. The maximum absolute atomic E-state index is 4.33. The molecular formula is C19H28N6. The first-order valence-corrected chi connectivity index (χ1v) is 9.61. The molecule has 0 saturated carbocycles. The summed E-state index contributed by atoms with van der Waals surface area (Å²) in [5.41, 5.74) is 1.23. The Morgan fingerprint density at radius 1 is 1.16 bits per heavy atom. The van der Waals surface area contributed by atoms with Crippen LogP contribution in [0.4, 0.5) is 0 Å². The molecule has 2 unspecified atom stereocenters. The van der Waals surface area contributed by atoms with E-state index in [0.29, 0.717) is 18.1 Å². The Hall–Kier alpha value is -1.79. The summed E-state index contributed by atoms with van der Waals surface area (Å²) in [7, 11) is 0. The first kappa shape index (κ1) is 16.7. The van der Waals surface area contributed by atoms with E-state index in [-0.39, 0.29) is 0 Å². The van der Waals surface area contributed by atoms with Crippen LogP contribution in [0.15, 0.2) is 30.3 Å². The summed E-state index contributed by atoms with van der Waals surface area (Å²) < 4.78 is 1.95. The Kier molecular flexibility index (Phi) is 5.08. The predicted octanol–water partition coefficient (Wildman–Crippen LogP) is 2.22. The van der Waals surface area contributed by atoms with E-state index < -0.39 is 0 Å². The fourth-order valence-corrected chi connectivity index (χ4v) is 4.40. The van der Waals surface area contributed by atoms with Gasteiger partial charge >= 0.3 is 0 Å². The summed E-state index contributed by atoms with van der Waals surface area (Å²) in [6, 6.07) is 12.5. The molecule has 1 aromatic heterocycles. The SMILES string of the molecule is CCCN(Cc1nnnn1Cc1ccccc1)C1CC2CCC(C1)N2. The largest absolute Gasteiger partial charge is 0.311 e. The molecule has 134 valence electrons. The van der Waals surface area contributed by atoms with E-state index in [1.165, 1.54) is 37.7 Å². The molecule has 6 nitrogen and oxygen atoms in total. The summed E-state index contributed by atoms with van der Waals surface area (Å²) in [4.78, 5) is 2.61. The van der Waals surface area contributed by atoms with E-state index in [1.54, 1.807) is 0 Å². The van der Waals surface area contributed by atoms with Gasteiger partial charge in [0.15, 0.2) is 5.82 Å². The average molecular weight is 340 g/mol. The van der Waals surface area contributed by atoms with E-state index in [9.17, 15) is 0 Å². The molecule has 4 rings (SSSR count). The second-order valence-electron chi connectivity index (χ2n) is 7.47. The molecule has 2 bridgehead atoms. The molecule has 2 fully saturated rings. The number of piperidine rings is 1. The molecule has 0 radical (unpaired) electrons. The van der Waals surface area contributed by atoms with Gasteiger partial charge in [-0.05, 0) is 54.6 Å². The third-order valence-electron chi connectivity index (χ3n) is 5.60. The molecule has 2 aliphatic rings. The van der Waals surface area contributed by atoms with Gasteiger partial charge in [-0.25, -0.2) is 4.68 Å². The molecule has 0 amide bonds. The van der Waals surface area contributed by atoms with Crippen molar-refractivity contribution in [3.05, 3.63) is 41.7 Å². The van der Waals surface area contributed by atoms with Crippen LogP contribution < -0.4 is 5.32 Å². The smallest absolute Gasteiger partial charge is 0.165 e. The average Bonchev–Trinajstić information content (AvgIpc) is 3.21. The van der Waals surface area contributed by atoms with Crippen molar-refractivity contribution in [1.29, 1.82) is 0 Å². The van der Waals surface area contributed by atoms with E-state index in [4.69, 9.17) is 0 Å². The topological polar surface area (TPSA) is 58.9 Å². The zero-order valence-electron chi connectivity index (χ0n) is 15.0. The molecule has 1 aromatic carbocycles. The Labute approximate surface area is 149 Å². The number of benzene rings is 1. The number of nitrogens with one attached hydrogen (secondary N) is 1. The van der Waals surface area contributed by atoms with Crippen molar-refractivity contribution in [1.82, 2.24) is 30.4 Å². The molecule has 3 heterocycles. The van der Waals surface area contributed by atoms with Crippen molar-refractivity contribution in [2.45, 2.75) is 70.2 Å². The Morgan fingerprint density at radius 3 is 2.64 bits per heavy atom. The lowest BCUT2D eigenvalue weighted by Crippen LogP contribution is -2.48. The van der Waals surface area contributed by atoms with E-state index >= 15 is 0 Å². The molecule has 0 aliphatic carbocycles. The molecule has 25 heavy (non-hydrogen) atoms. The highest BCUT2D eigenvalue weighted by atomic mass is 15.5. The number of rotatable bonds is 7. The Morgan fingerprint density at radius 2 is 1.92 bits per heavy atom. The zero-order valence-corrected chi connectivity index (χ0v) is 15.0. The number of tetrazole rings is 1. The molecule has 1 N–H and O–H groups in total. The molecule has 6 heteroatoms. The third kappa shape index (κ3) is 3.90. The molecular weight excluding hydrogens is 312 g/mol. The summed E-state index contributed by atoms with van der Waals surface area (Å²) >= 11 is 0. The highest BCUT2D eigenvalue weighted by Gasteiger charge is 2.36. The lowest BCUT2D eigenvalue weighted by atomic mass is 9.98. The van der Waals surface area contributed by atoms with Gasteiger partial charge in [-0.15, -0.1) is 5.10 Å². The van der Waals surface area contributed by atoms with E-state index in [1.807, 2.05) is 10.7 Å². The lowest BCUT2D eigenvalue weighted by molar-refractivity contribution is 0.129. The maximum atomic E-state index is 4.33. The van der Waals surface area contributed by atoms with Crippen LogP contribution in [-0.4, -0.2) is 49.8 Å². The highest BCUT2D eigenvalue weighted by molar-refractivity contribution is 5.15. The first-order chi connectivity index (χ1) is 12.3. The monoisotopic (exact) mass is 340 g/mol. The van der Waals surface area contributed by atoms with Gasteiger partial charge in [0.2, 0.25) is 0 Å². The minimum atomic E-state index is 0.653. The highest BCUT2D eigenvalue weighted by Crippen LogP contribution is 2.30. The molecule has 2 aliphatic heterocycles. The van der Waals surface area contributed by atoms with Crippen molar-refractivity contribution in [2.75, 3.05) is 6.54 Å². The van der Waals surface area contributed by atoms with Crippen LogP contribution in [0.5, 0.6) is 0 Å². The summed E-state index contributed by atoms with van der Waals surface area (Å²) in [5.74, 6) is 0.975. The van der Waals surface area contributed by atoms with Gasteiger partial charge < -0.3 is 5.32 Å². The van der Waals surface area contributed by atoms with Crippen LogP contribution in [0.3, 0.4) is 0 Å². The second-order valence-corrected chi connectivity index (χ2v) is 7.47. The van der Waals surface area contributed by atoms with Crippen molar-refractivity contribution in [2.24, 2.45) is 0 Å². The van der Waals surface area contributed by atoms with Crippen LogP contribution >= 0.6 is 0 Å². The van der Waals surface area contributed by atoms with Crippen molar-refractivity contribution in [3.63, 3.8) is 0 Å². The van der Waals surface area contributed by atoms with Gasteiger partial charge in [0, 0.05) is 18.1 Å².